The lowest BCUT2D eigenvalue weighted by atomic mass is 10.1. The van der Waals surface area contributed by atoms with Crippen LogP contribution in [0.2, 0.25) is 5.02 Å². The topological polar surface area (TPSA) is 128 Å². The van der Waals surface area contributed by atoms with Gasteiger partial charge in [0, 0.05) is 28.6 Å². The van der Waals surface area contributed by atoms with Crippen LogP contribution in [0.1, 0.15) is 0 Å². The van der Waals surface area contributed by atoms with E-state index in [2.05, 4.69) is 10.6 Å². The maximum Gasteiger partial charge on any atom is 0.256 e. The van der Waals surface area contributed by atoms with E-state index in [0.717, 1.165) is 0 Å². The Balaban J connectivity index is 1.57. The summed E-state index contributed by atoms with van der Waals surface area (Å²) in [5.41, 5.74) is 1.32. The van der Waals surface area contributed by atoms with Crippen molar-refractivity contribution in [2.75, 3.05) is 35.3 Å². The Morgan fingerprint density at radius 3 is 1.93 bits per heavy atom. The Bertz CT molecular complexity index is 919. The first-order valence-corrected chi connectivity index (χ1v) is 9.44. The number of morpholine rings is 1. The van der Waals surface area contributed by atoms with Crippen molar-refractivity contribution >= 4 is 46.4 Å². The summed E-state index contributed by atoms with van der Waals surface area (Å²) in [5.74, 6) is -2.06. The molecule has 0 saturated carbocycles. The van der Waals surface area contributed by atoms with Crippen molar-refractivity contribution in [3.63, 3.8) is 0 Å². The average Bonchev–Trinajstić information content (AvgIpc) is 2.75. The van der Waals surface area contributed by atoms with E-state index >= 15 is 0 Å². The highest BCUT2D eigenvalue weighted by Crippen LogP contribution is 2.20. The number of hydrogen-bond donors (Lipinski definition) is 4. The predicted octanol–water partition coefficient (Wildman–Crippen LogP) is 1.00. The Labute approximate surface area is 177 Å². The minimum Gasteiger partial charge on any atom is -0.380 e. The number of aliphatic hydroxyl groups is 2. The van der Waals surface area contributed by atoms with Gasteiger partial charge >= 0.3 is 0 Å². The summed E-state index contributed by atoms with van der Waals surface area (Å²) in [6.45, 7) is 0.880. The second kappa shape index (κ2) is 9.68. The molecule has 0 bridgehead atoms. The molecule has 2 atom stereocenters. The largest absolute Gasteiger partial charge is 0.380 e. The molecule has 1 aliphatic heterocycles. The van der Waals surface area contributed by atoms with Gasteiger partial charge in [0.25, 0.3) is 17.7 Å². The van der Waals surface area contributed by atoms with Crippen LogP contribution in [-0.4, -0.2) is 59.9 Å². The van der Waals surface area contributed by atoms with E-state index in [1.165, 1.54) is 12.1 Å². The van der Waals surface area contributed by atoms with Crippen molar-refractivity contribution < 1.29 is 29.3 Å². The second-order valence-corrected chi connectivity index (χ2v) is 6.96. The van der Waals surface area contributed by atoms with Crippen molar-refractivity contribution in [3.8, 4) is 0 Å². The molecule has 1 aliphatic rings. The molecule has 0 aromatic heterocycles. The zero-order valence-electron chi connectivity index (χ0n) is 15.7. The van der Waals surface area contributed by atoms with Gasteiger partial charge in [-0.2, -0.15) is 0 Å². The van der Waals surface area contributed by atoms with E-state index in [1.807, 2.05) is 0 Å². The standard InChI is InChI=1S/C20H20ClN3O6/c21-12-1-3-13(4-2-12)22-19(28)17(26)18(27)20(29)23-14-5-7-15(8-6-14)24-9-10-30-11-16(24)25/h1-8,17-18,26-27H,9-11H2,(H,22,28)(H,23,29)/t17-,18-/m0/s1. The number of anilines is 3. The van der Waals surface area contributed by atoms with E-state index in [9.17, 15) is 24.6 Å². The summed E-state index contributed by atoms with van der Waals surface area (Å²) in [6, 6.07) is 12.5. The lowest BCUT2D eigenvalue weighted by molar-refractivity contribution is -0.139. The highest BCUT2D eigenvalue weighted by atomic mass is 35.5. The summed E-state index contributed by atoms with van der Waals surface area (Å²) >= 11 is 5.76. The molecule has 0 radical (unpaired) electrons. The molecule has 4 N–H and O–H groups in total. The van der Waals surface area contributed by atoms with Gasteiger partial charge < -0.3 is 30.5 Å². The van der Waals surface area contributed by atoms with Crippen LogP contribution in [-0.2, 0) is 19.1 Å². The number of carbonyl (C=O) groups is 3. The molecule has 158 valence electrons. The summed E-state index contributed by atoms with van der Waals surface area (Å²) in [4.78, 5) is 37.7. The van der Waals surface area contributed by atoms with Gasteiger partial charge in [-0.05, 0) is 48.5 Å². The van der Waals surface area contributed by atoms with Gasteiger partial charge in [0.1, 0.15) is 6.61 Å². The monoisotopic (exact) mass is 433 g/mol. The predicted molar refractivity (Wildman–Crippen MR) is 110 cm³/mol. The first kappa shape index (κ1) is 21.7. The highest BCUT2D eigenvalue weighted by Gasteiger charge is 2.30. The van der Waals surface area contributed by atoms with Crippen LogP contribution < -0.4 is 15.5 Å². The number of halogens is 1. The number of nitrogens with one attached hydrogen (secondary N) is 2. The van der Waals surface area contributed by atoms with Crippen molar-refractivity contribution in [1.82, 2.24) is 0 Å². The first-order chi connectivity index (χ1) is 14.3. The normalized spacial score (nSPS) is 16.0. The quantitative estimate of drug-likeness (QED) is 0.538. The lowest BCUT2D eigenvalue weighted by Crippen LogP contribution is -2.45. The number of hydrogen-bond acceptors (Lipinski definition) is 6. The number of nitrogens with zero attached hydrogens (tertiary/aromatic N) is 1. The van der Waals surface area contributed by atoms with Gasteiger partial charge in [-0.25, -0.2) is 0 Å². The second-order valence-electron chi connectivity index (χ2n) is 6.52. The molecular weight excluding hydrogens is 414 g/mol. The van der Waals surface area contributed by atoms with Crippen LogP contribution >= 0.6 is 11.6 Å². The molecule has 1 heterocycles. The molecule has 1 fully saturated rings. The van der Waals surface area contributed by atoms with Crippen LogP contribution in [0.15, 0.2) is 48.5 Å². The zero-order chi connectivity index (χ0) is 21.7. The van der Waals surface area contributed by atoms with Crippen molar-refractivity contribution in [3.05, 3.63) is 53.6 Å². The zero-order valence-corrected chi connectivity index (χ0v) is 16.5. The summed E-state index contributed by atoms with van der Waals surface area (Å²) in [5, 5.41) is 25.3. The van der Waals surface area contributed by atoms with Crippen LogP contribution in [0, 0.1) is 0 Å². The smallest absolute Gasteiger partial charge is 0.256 e. The maximum absolute atomic E-state index is 12.2. The fourth-order valence-electron chi connectivity index (χ4n) is 2.77. The third-order valence-electron chi connectivity index (χ3n) is 4.38. The van der Waals surface area contributed by atoms with Crippen molar-refractivity contribution in [1.29, 1.82) is 0 Å². The molecule has 2 aromatic carbocycles. The Hall–Kier alpha value is -2.98. The minimum absolute atomic E-state index is 0.0145. The van der Waals surface area contributed by atoms with Crippen molar-refractivity contribution in [2.45, 2.75) is 12.2 Å². The fourth-order valence-corrected chi connectivity index (χ4v) is 2.89. The van der Waals surface area contributed by atoms with E-state index in [4.69, 9.17) is 16.3 Å². The van der Waals surface area contributed by atoms with E-state index in [1.54, 1.807) is 41.3 Å². The minimum atomic E-state index is -1.99. The van der Waals surface area contributed by atoms with Crippen LogP contribution in [0.25, 0.3) is 0 Å². The number of aliphatic hydroxyl groups excluding tert-OH is 2. The van der Waals surface area contributed by atoms with Crippen LogP contribution in [0.5, 0.6) is 0 Å². The SMILES string of the molecule is O=C(Nc1ccc(Cl)cc1)[C@@H](O)[C@H](O)C(=O)Nc1ccc(N2CCOCC2=O)cc1. The summed E-state index contributed by atoms with van der Waals surface area (Å²) in [7, 11) is 0. The lowest BCUT2D eigenvalue weighted by Gasteiger charge is -2.27. The first-order valence-electron chi connectivity index (χ1n) is 9.07. The molecule has 3 rings (SSSR count). The molecule has 0 unspecified atom stereocenters. The Morgan fingerprint density at radius 2 is 1.43 bits per heavy atom. The van der Waals surface area contributed by atoms with E-state index < -0.39 is 24.0 Å². The van der Waals surface area contributed by atoms with Crippen LogP contribution in [0.4, 0.5) is 17.1 Å². The third-order valence-corrected chi connectivity index (χ3v) is 4.63. The highest BCUT2D eigenvalue weighted by molar-refractivity contribution is 6.30. The molecule has 3 amide bonds. The van der Waals surface area contributed by atoms with Gasteiger partial charge in [0.2, 0.25) is 0 Å². The van der Waals surface area contributed by atoms with Gasteiger partial charge in [-0.3, -0.25) is 14.4 Å². The van der Waals surface area contributed by atoms with Gasteiger partial charge in [-0.15, -0.1) is 0 Å². The number of benzene rings is 2. The Morgan fingerprint density at radius 1 is 0.933 bits per heavy atom. The average molecular weight is 434 g/mol. The molecule has 2 aromatic rings. The summed E-state index contributed by atoms with van der Waals surface area (Å²) < 4.78 is 5.08. The number of rotatable bonds is 6. The number of ether oxygens (including phenoxy) is 1. The molecule has 0 aliphatic carbocycles. The molecule has 9 nitrogen and oxygen atoms in total. The summed E-state index contributed by atoms with van der Waals surface area (Å²) in [6.07, 6.45) is -3.97. The third kappa shape index (κ3) is 5.33. The van der Waals surface area contributed by atoms with E-state index in [-0.39, 0.29) is 12.5 Å². The molecule has 10 heteroatoms. The molecule has 0 spiro atoms. The van der Waals surface area contributed by atoms with Crippen molar-refractivity contribution in [2.24, 2.45) is 0 Å². The Kier molecular flexibility index (Phi) is 7.01. The van der Waals surface area contributed by atoms with Gasteiger partial charge in [0.15, 0.2) is 12.2 Å². The molecule has 1 saturated heterocycles. The molecule has 30 heavy (non-hydrogen) atoms. The molecular formula is C20H20ClN3O6. The number of carbonyl (C=O) groups excluding carboxylic acids is 3. The van der Waals surface area contributed by atoms with E-state index in [0.29, 0.717) is 35.2 Å². The maximum atomic E-state index is 12.2. The number of amides is 3. The van der Waals surface area contributed by atoms with Gasteiger partial charge in [0.05, 0.1) is 6.61 Å². The fraction of sp³-hybridized carbons (Fsp3) is 0.250. The van der Waals surface area contributed by atoms with Crippen LogP contribution in [0.3, 0.4) is 0 Å². The van der Waals surface area contributed by atoms with Gasteiger partial charge in [-0.1, -0.05) is 11.6 Å².